The topological polar surface area (TPSA) is 22.1 Å². The summed E-state index contributed by atoms with van der Waals surface area (Å²) < 4.78 is 5.21. The molecule has 0 aliphatic heterocycles. The molecule has 0 aliphatic carbocycles. The van der Waals surface area contributed by atoms with Crippen LogP contribution in [0, 0.1) is 6.92 Å². The highest BCUT2D eigenvalue weighted by Gasteiger charge is 2.15. The first-order valence-corrected chi connectivity index (χ1v) is 5.67. The molecule has 16 heavy (non-hydrogen) atoms. The fourth-order valence-corrected chi connectivity index (χ4v) is 2.27. The van der Waals surface area contributed by atoms with Crippen molar-refractivity contribution in [2.75, 3.05) is 7.11 Å². The van der Waals surface area contributed by atoms with E-state index in [4.69, 9.17) is 39.5 Å². The fraction of sp³-hybridized carbons (Fsp3) is 0.182. The molecule has 0 unspecified atom stereocenters. The first kappa shape index (κ1) is 11.8. The van der Waals surface area contributed by atoms with E-state index in [-0.39, 0.29) is 10.2 Å². The molecule has 1 heterocycles. The molecular weight excluding hydrogens is 268 g/mol. The highest BCUT2D eigenvalue weighted by Crippen LogP contribution is 2.39. The van der Waals surface area contributed by atoms with E-state index in [2.05, 4.69) is 4.98 Å². The minimum atomic E-state index is 0.183. The molecule has 0 radical (unpaired) electrons. The van der Waals surface area contributed by atoms with Crippen LogP contribution >= 0.6 is 34.8 Å². The fourth-order valence-electron chi connectivity index (χ4n) is 1.57. The number of halogens is 3. The van der Waals surface area contributed by atoms with E-state index in [0.717, 1.165) is 10.9 Å². The van der Waals surface area contributed by atoms with Gasteiger partial charge in [-0.2, -0.15) is 0 Å². The molecule has 0 fully saturated rings. The molecule has 2 aromatic rings. The molecule has 0 amide bonds. The molecular formula is C11H8Cl3NO. The quantitative estimate of drug-likeness (QED) is 0.715. The van der Waals surface area contributed by atoms with Gasteiger partial charge in [0, 0.05) is 5.39 Å². The van der Waals surface area contributed by atoms with E-state index in [1.165, 1.54) is 0 Å². The zero-order chi connectivity index (χ0) is 11.9. The Morgan fingerprint density at radius 2 is 1.81 bits per heavy atom. The van der Waals surface area contributed by atoms with Gasteiger partial charge in [0.15, 0.2) is 0 Å². The highest BCUT2D eigenvalue weighted by atomic mass is 35.5. The van der Waals surface area contributed by atoms with Crippen LogP contribution in [0.3, 0.4) is 0 Å². The number of nitrogens with zero attached hydrogens (tertiary/aromatic N) is 1. The summed E-state index contributed by atoms with van der Waals surface area (Å²) in [6.07, 6.45) is 0. The van der Waals surface area contributed by atoms with Crippen LogP contribution in [0.5, 0.6) is 5.75 Å². The van der Waals surface area contributed by atoms with Gasteiger partial charge in [-0.25, -0.2) is 4.98 Å². The lowest BCUT2D eigenvalue weighted by Crippen LogP contribution is -1.92. The molecule has 0 saturated carbocycles. The normalized spacial score (nSPS) is 10.8. The summed E-state index contributed by atoms with van der Waals surface area (Å²) in [6, 6.07) is 3.73. The third-order valence-corrected chi connectivity index (χ3v) is 3.59. The van der Waals surface area contributed by atoms with Crippen LogP contribution < -0.4 is 4.74 Å². The SMILES string of the molecule is COc1ccc(C)c2c(Cl)c(Cl)c(Cl)nc12. The molecule has 0 saturated heterocycles. The molecule has 0 bridgehead atoms. The first-order valence-electron chi connectivity index (χ1n) is 4.54. The zero-order valence-corrected chi connectivity index (χ0v) is 10.9. The number of aryl methyl sites for hydroxylation is 1. The second-order valence-electron chi connectivity index (χ2n) is 3.34. The van der Waals surface area contributed by atoms with Gasteiger partial charge in [-0.15, -0.1) is 0 Å². The molecule has 5 heteroatoms. The van der Waals surface area contributed by atoms with Crippen LogP contribution in [0.2, 0.25) is 15.2 Å². The van der Waals surface area contributed by atoms with E-state index >= 15 is 0 Å². The summed E-state index contributed by atoms with van der Waals surface area (Å²) in [4.78, 5) is 4.19. The lowest BCUT2D eigenvalue weighted by atomic mass is 10.1. The maximum absolute atomic E-state index is 6.15. The van der Waals surface area contributed by atoms with Gasteiger partial charge in [0.05, 0.1) is 17.2 Å². The molecule has 84 valence electrons. The summed E-state index contributed by atoms with van der Waals surface area (Å²) in [5.41, 5.74) is 1.61. The maximum atomic E-state index is 6.15. The van der Waals surface area contributed by atoms with Gasteiger partial charge >= 0.3 is 0 Å². The van der Waals surface area contributed by atoms with E-state index in [1.807, 2.05) is 19.1 Å². The van der Waals surface area contributed by atoms with Crippen molar-refractivity contribution in [3.8, 4) is 5.75 Å². The Morgan fingerprint density at radius 1 is 1.12 bits per heavy atom. The summed E-state index contributed by atoms with van der Waals surface area (Å²) in [7, 11) is 1.57. The summed E-state index contributed by atoms with van der Waals surface area (Å²) >= 11 is 18.0. The Hall–Kier alpha value is -0.700. The third kappa shape index (κ3) is 1.71. The number of aromatic nitrogens is 1. The highest BCUT2D eigenvalue weighted by molar-refractivity contribution is 6.50. The van der Waals surface area contributed by atoms with Crippen LogP contribution in [-0.4, -0.2) is 12.1 Å². The van der Waals surface area contributed by atoms with Crippen LogP contribution in [0.4, 0.5) is 0 Å². The molecule has 2 nitrogen and oxygen atoms in total. The van der Waals surface area contributed by atoms with Crippen molar-refractivity contribution in [1.82, 2.24) is 4.98 Å². The van der Waals surface area contributed by atoms with Gasteiger partial charge in [0.25, 0.3) is 0 Å². The van der Waals surface area contributed by atoms with Crippen molar-refractivity contribution in [3.05, 3.63) is 32.9 Å². The minimum Gasteiger partial charge on any atom is -0.494 e. The van der Waals surface area contributed by atoms with Crippen LogP contribution in [0.25, 0.3) is 10.9 Å². The largest absolute Gasteiger partial charge is 0.494 e. The molecule has 2 rings (SSSR count). The summed E-state index contributed by atoms with van der Waals surface area (Å²) in [5, 5.41) is 1.64. The molecule has 0 atom stereocenters. The van der Waals surface area contributed by atoms with Gasteiger partial charge < -0.3 is 4.74 Å². The Morgan fingerprint density at radius 3 is 2.44 bits per heavy atom. The number of ether oxygens (including phenoxy) is 1. The number of hydrogen-bond acceptors (Lipinski definition) is 2. The van der Waals surface area contributed by atoms with Crippen LogP contribution in [0.15, 0.2) is 12.1 Å². The van der Waals surface area contributed by atoms with Crippen LogP contribution in [-0.2, 0) is 0 Å². The summed E-state index contributed by atoms with van der Waals surface area (Å²) in [5.74, 6) is 0.626. The van der Waals surface area contributed by atoms with Crippen LogP contribution in [0.1, 0.15) is 5.56 Å². The monoisotopic (exact) mass is 275 g/mol. The van der Waals surface area contributed by atoms with Gasteiger partial charge in [0.1, 0.15) is 16.4 Å². The Kier molecular flexibility index (Phi) is 3.15. The Bertz CT molecular complexity index is 569. The van der Waals surface area contributed by atoms with Gasteiger partial charge in [0.2, 0.25) is 0 Å². The maximum Gasteiger partial charge on any atom is 0.150 e. The van der Waals surface area contributed by atoms with Crippen molar-refractivity contribution in [3.63, 3.8) is 0 Å². The zero-order valence-electron chi connectivity index (χ0n) is 8.64. The van der Waals surface area contributed by atoms with Crippen molar-refractivity contribution in [1.29, 1.82) is 0 Å². The average molecular weight is 277 g/mol. The second-order valence-corrected chi connectivity index (χ2v) is 4.45. The number of pyridine rings is 1. The third-order valence-electron chi connectivity index (χ3n) is 2.37. The standard InChI is InChI=1S/C11H8Cl3NO/c1-5-3-4-6(16-2)10-7(5)8(12)9(13)11(14)15-10/h3-4H,1-2H3. The predicted molar refractivity (Wildman–Crippen MR) is 68.1 cm³/mol. The van der Waals surface area contributed by atoms with E-state index in [1.54, 1.807) is 7.11 Å². The van der Waals surface area contributed by atoms with E-state index < -0.39 is 0 Å². The van der Waals surface area contributed by atoms with Crippen molar-refractivity contribution >= 4 is 45.7 Å². The second kappa shape index (κ2) is 4.28. The summed E-state index contributed by atoms with van der Waals surface area (Å²) in [6.45, 7) is 1.93. The first-order chi connectivity index (χ1) is 7.56. The van der Waals surface area contributed by atoms with E-state index in [9.17, 15) is 0 Å². The molecule has 0 N–H and O–H groups in total. The predicted octanol–water partition coefficient (Wildman–Crippen LogP) is 4.51. The van der Waals surface area contributed by atoms with Crippen molar-refractivity contribution < 1.29 is 4.74 Å². The van der Waals surface area contributed by atoms with E-state index in [0.29, 0.717) is 16.3 Å². The molecule has 0 spiro atoms. The lowest BCUT2D eigenvalue weighted by molar-refractivity contribution is 0.419. The number of rotatable bonds is 1. The average Bonchev–Trinajstić information content (AvgIpc) is 2.26. The minimum absolute atomic E-state index is 0.183. The van der Waals surface area contributed by atoms with Gasteiger partial charge in [-0.3, -0.25) is 0 Å². The Labute approximate surface area is 108 Å². The molecule has 1 aromatic heterocycles. The molecule has 1 aromatic carbocycles. The lowest BCUT2D eigenvalue weighted by Gasteiger charge is -2.10. The number of benzene rings is 1. The number of fused-ring (bicyclic) bond motifs is 1. The molecule has 0 aliphatic rings. The van der Waals surface area contributed by atoms with Crippen molar-refractivity contribution in [2.45, 2.75) is 6.92 Å². The smallest absolute Gasteiger partial charge is 0.150 e. The van der Waals surface area contributed by atoms with Crippen molar-refractivity contribution in [2.24, 2.45) is 0 Å². The Balaban J connectivity index is 2.98. The van der Waals surface area contributed by atoms with Gasteiger partial charge in [-0.05, 0) is 18.6 Å². The van der Waals surface area contributed by atoms with Gasteiger partial charge in [-0.1, -0.05) is 40.9 Å². The number of hydrogen-bond donors (Lipinski definition) is 0. The number of methoxy groups -OCH3 is 1.